The van der Waals surface area contributed by atoms with Crippen molar-refractivity contribution < 1.29 is 4.79 Å². The summed E-state index contributed by atoms with van der Waals surface area (Å²) >= 11 is 1.64. The van der Waals surface area contributed by atoms with Gasteiger partial charge in [0.1, 0.15) is 11.7 Å². The van der Waals surface area contributed by atoms with E-state index in [-0.39, 0.29) is 11.9 Å². The van der Waals surface area contributed by atoms with Crippen LogP contribution in [0.5, 0.6) is 0 Å². The molecule has 1 atom stereocenters. The SMILES string of the molecule is CC(C(=O)N(C)C)n1ccc(-c2cccs2)n1. The zero-order valence-corrected chi connectivity index (χ0v) is 10.9. The minimum Gasteiger partial charge on any atom is -0.347 e. The third-order valence-electron chi connectivity index (χ3n) is 2.58. The van der Waals surface area contributed by atoms with Crippen LogP contribution in [0, 0.1) is 0 Å². The van der Waals surface area contributed by atoms with Gasteiger partial charge < -0.3 is 4.90 Å². The van der Waals surface area contributed by atoms with Crippen LogP contribution in [0.3, 0.4) is 0 Å². The Morgan fingerprint density at radius 3 is 2.82 bits per heavy atom. The highest BCUT2D eigenvalue weighted by Gasteiger charge is 2.17. The van der Waals surface area contributed by atoms with E-state index < -0.39 is 0 Å². The lowest BCUT2D eigenvalue weighted by Gasteiger charge is -2.16. The van der Waals surface area contributed by atoms with Crippen molar-refractivity contribution in [1.82, 2.24) is 14.7 Å². The molecule has 0 radical (unpaired) electrons. The molecule has 0 N–H and O–H groups in total. The van der Waals surface area contributed by atoms with E-state index in [0.29, 0.717) is 0 Å². The number of carbonyl (C=O) groups is 1. The maximum absolute atomic E-state index is 11.8. The number of hydrogen-bond donors (Lipinski definition) is 0. The first-order valence-corrected chi connectivity index (χ1v) is 6.28. The minimum atomic E-state index is -0.265. The molecule has 17 heavy (non-hydrogen) atoms. The molecule has 1 unspecified atom stereocenters. The number of carbonyl (C=O) groups excluding carboxylic acids is 1. The Hall–Kier alpha value is -1.62. The van der Waals surface area contributed by atoms with Crippen molar-refractivity contribution in [1.29, 1.82) is 0 Å². The van der Waals surface area contributed by atoms with Gasteiger partial charge in [-0.3, -0.25) is 9.48 Å². The molecule has 0 aliphatic rings. The number of hydrogen-bond acceptors (Lipinski definition) is 3. The molecule has 1 amide bonds. The first kappa shape index (κ1) is 11.9. The summed E-state index contributed by atoms with van der Waals surface area (Å²) in [6.07, 6.45) is 1.85. The van der Waals surface area contributed by atoms with Crippen LogP contribution >= 0.6 is 11.3 Å². The monoisotopic (exact) mass is 249 g/mol. The Balaban J connectivity index is 2.21. The van der Waals surface area contributed by atoms with Gasteiger partial charge >= 0.3 is 0 Å². The minimum absolute atomic E-state index is 0.0471. The number of rotatable bonds is 3. The van der Waals surface area contributed by atoms with Gasteiger partial charge in [0.2, 0.25) is 5.91 Å². The lowest BCUT2D eigenvalue weighted by molar-refractivity contribution is -0.131. The van der Waals surface area contributed by atoms with Crippen molar-refractivity contribution in [3.05, 3.63) is 29.8 Å². The van der Waals surface area contributed by atoms with Gasteiger partial charge in [-0.15, -0.1) is 11.3 Å². The molecule has 2 rings (SSSR count). The lowest BCUT2D eigenvalue weighted by Crippen LogP contribution is -2.30. The number of amides is 1. The first-order chi connectivity index (χ1) is 8.09. The second-order valence-corrected chi connectivity index (χ2v) is 5.01. The van der Waals surface area contributed by atoms with Crippen molar-refractivity contribution in [2.75, 3.05) is 14.1 Å². The van der Waals surface area contributed by atoms with Gasteiger partial charge in [-0.25, -0.2) is 0 Å². The van der Waals surface area contributed by atoms with E-state index >= 15 is 0 Å². The molecule has 0 fully saturated rings. The summed E-state index contributed by atoms with van der Waals surface area (Å²) in [7, 11) is 3.50. The van der Waals surface area contributed by atoms with Crippen molar-refractivity contribution in [3.63, 3.8) is 0 Å². The lowest BCUT2D eigenvalue weighted by atomic mass is 10.3. The Kier molecular flexibility index (Phi) is 3.28. The highest BCUT2D eigenvalue weighted by molar-refractivity contribution is 7.13. The quantitative estimate of drug-likeness (QED) is 0.837. The van der Waals surface area contributed by atoms with Crippen LogP contribution < -0.4 is 0 Å². The summed E-state index contributed by atoms with van der Waals surface area (Å²) in [6, 6.07) is 5.69. The van der Waals surface area contributed by atoms with Crippen LogP contribution in [0.2, 0.25) is 0 Å². The predicted octanol–water partition coefficient (Wildman–Crippen LogP) is 2.26. The van der Waals surface area contributed by atoms with Crippen LogP contribution in [-0.2, 0) is 4.79 Å². The van der Waals surface area contributed by atoms with Crippen LogP contribution in [0.15, 0.2) is 29.8 Å². The summed E-state index contributed by atoms with van der Waals surface area (Å²) in [5.74, 6) is 0.0471. The van der Waals surface area contributed by atoms with Crippen LogP contribution in [0.1, 0.15) is 13.0 Å². The maximum Gasteiger partial charge on any atom is 0.246 e. The molecule has 0 aromatic carbocycles. The molecule has 0 saturated carbocycles. The molecule has 0 saturated heterocycles. The second kappa shape index (κ2) is 4.71. The van der Waals surface area contributed by atoms with Crippen LogP contribution in [0.25, 0.3) is 10.6 Å². The average molecular weight is 249 g/mol. The molecule has 2 heterocycles. The van der Waals surface area contributed by atoms with Gasteiger partial charge in [-0.2, -0.15) is 5.10 Å². The van der Waals surface area contributed by atoms with E-state index in [1.54, 1.807) is 35.0 Å². The van der Waals surface area contributed by atoms with Gasteiger partial charge in [-0.05, 0) is 24.4 Å². The fourth-order valence-electron chi connectivity index (χ4n) is 1.60. The Morgan fingerprint density at radius 1 is 1.47 bits per heavy atom. The van der Waals surface area contributed by atoms with E-state index in [0.717, 1.165) is 10.6 Å². The number of thiophene rings is 1. The Bertz CT molecular complexity index is 502. The third kappa shape index (κ3) is 2.39. The van der Waals surface area contributed by atoms with Crippen molar-refractivity contribution >= 4 is 17.2 Å². The van der Waals surface area contributed by atoms with Gasteiger partial charge in [0.05, 0.1) is 4.88 Å². The fourth-order valence-corrected chi connectivity index (χ4v) is 2.29. The summed E-state index contributed by atoms with van der Waals surface area (Å²) in [6.45, 7) is 1.85. The zero-order chi connectivity index (χ0) is 12.4. The topological polar surface area (TPSA) is 38.1 Å². The zero-order valence-electron chi connectivity index (χ0n) is 10.1. The summed E-state index contributed by atoms with van der Waals surface area (Å²) in [5.41, 5.74) is 0.915. The van der Waals surface area contributed by atoms with E-state index in [1.165, 1.54) is 0 Å². The molecule has 4 nitrogen and oxygen atoms in total. The van der Waals surface area contributed by atoms with Crippen LogP contribution in [0.4, 0.5) is 0 Å². The number of likely N-dealkylation sites (N-methyl/N-ethyl adjacent to an activating group) is 1. The number of aromatic nitrogens is 2. The highest BCUT2D eigenvalue weighted by atomic mass is 32.1. The van der Waals surface area contributed by atoms with Crippen LogP contribution in [-0.4, -0.2) is 34.7 Å². The molecule has 0 aliphatic carbocycles. The summed E-state index contributed by atoms with van der Waals surface area (Å²) < 4.78 is 1.71. The maximum atomic E-state index is 11.8. The molecular weight excluding hydrogens is 234 g/mol. The van der Waals surface area contributed by atoms with Gasteiger partial charge in [0.25, 0.3) is 0 Å². The number of nitrogens with zero attached hydrogens (tertiary/aromatic N) is 3. The van der Waals surface area contributed by atoms with Crippen molar-refractivity contribution in [2.24, 2.45) is 0 Å². The molecular formula is C12H15N3OS. The smallest absolute Gasteiger partial charge is 0.246 e. The summed E-state index contributed by atoms with van der Waals surface area (Å²) in [5, 5.41) is 6.45. The van der Waals surface area contributed by atoms with Gasteiger partial charge in [0, 0.05) is 20.3 Å². The standard InChI is InChI=1S/C12H15N3OS/c1-9(12(16)14(2)3)15-7-6-10(13-15)11-5-4-8-17-11/h4-9H,1-3H3. The third-order valence-corrected chi connectivity index (χ3v) is 3.47. The largest absolute Gasteiger partial charge is 0.347 e. The predicted molar refractivity (Wildman–Crippen MR) is 68.9 cm³/mol. The van der Waals surface area contributed by atoms with Crippen molar-refractivity contribution in [2.45, 2.75) is 13.0 Å². The van der Waals surface area contributed by atoms with Gasteiger partial charge in [0.15, 0.2) is 0 Å². The van der Waals surface area contributed by atoms with E-state index in [4.69, 9.17) is 0 Å². The molecule has 5 heteroatoms. The molecule has 0 aliphatic heterocycles. The van der Waals surface area contributed by atoms with E-state index in [1.807, 2.05) is 36.7 Å². The van der Waals surface area contributed by atoms with E-state index in [9.17, 15) is 4.79 Å². The highest BCUT2D eigenvalue weighted by Crippen LogP contribution is 2.23. The summed E-state index contributed by atoms with van der Waals surface area (Å²) in [4.78, 5) is 14.5. The normalized spacial score (nSPS) is 12.4. The second-order valence-electron chi connectivity index (χ2n) is 4.07. The molecule has 0 spiro atoms. The Morgan fingerprint density at radius 2 is 2.24 bits per heavy atom. The van der Waals surface area contributed by atoms with Crippen molar-refractivity contribution in [3.8, 4) is 10.6 Å². The molecule has 90 valence electrons. The molecule has 2 aromatic rings. The molecule has 2 aromatic heterocycles. The average Bonchev–Trinajstić information content (AvgIpc) is 2.96. The van der Waals surface area contributed by atoms with E-state index in [2.05, 4.69) is 5.10 Å². The Labute approximate surface area is 104 Å². The first-order valence-electron chi connectivity index (χ1n) is 5.40. The molecule has 0 bridgehead atoms. The van der Waals surface area contributed by atoms with Gasteiger partial charge in [-0.1, -0.05) is 6.07 Å². The fraction of sp³-hybridized carbons (Fsp3) is 0.333.